The molecule has 1 aromatic heterocycles. The van der Waals surface area contributed by atoms with Crippen LogP contribution in [0.4, 0.5) is 10.5 Å². The van der Waals surface area contributed by atoms with Crippen molar-refractivity contribution in [3.05, 3.63) is 69.7 Å². The molecular weight excluding hydrogens is 434 g/mol. The molecule has 0 spiro atoms. The van der Waals surface area contributed by atoms with Gasteiger partial charge in [0.15, 0.2) is 0 Å². The van der Waals surface area contributed by atoms with Crippen LogP contribution in [0, 0.1) is 6.92 Å². The van der Waals surface area contributed by atoms with Crippen LogP contribution in [0.15, 0.2) is 53.6 Å². The Morgan fingerprint density at radius 3 is 2.71 bits per heavy atom. The molecule has 0 radical (unpaired) electrons. The van der Waals surface area contributed by atoms with Crippen LogP contribution in [0.25, 0.3) is 17.0 Å². The minimum atomic E-state index is -0.472. The van der Waals surface area contributed by atoms with Crippen molar-refractivity contribution in [2.45, 2.75) is 20.4 Å². The van der Waals surface area contributed by atoms with Gasteiger partial charge in [0.05, 0.1) is 4.91 Å². The van der Waals surface area contributed by atoms with Crippen molar-refractivity contribution in [3.8, 4) is 0 Å². The molecule has 2 heterocycles. The number of imide groups is 1. The van der Waals surface area contributed by atoms with Crippen molar-refractivity contribution >= 4 is 63.1 Å². The fraction of sp³-hybridized carbons (Fsp3) is 0.174. The molecular formula is C23H20ClN3O3S. The monoisotopic (exact) mass is 453 g/mol. The van der Waals surface area contributed by atoms with Gasteiger partial charge >= 0.3 is 0 Å². The summed E-state index contributed by atoms with van der Waals surface area (Å²) in [6.07, 6.45) is 3.68. The Morgan fingerprint density at radius 1 is 1.19 bits per heavy atom. The minimum absolute atomic E-state index is 0.301. The maximum atomic E-state index is 12.8. The largest absolute Gasteiger partial charge is 0.347 e. The molecule has 1 aliphatic rings. The van der Waals surface area contributed by atoms with Crippen LogP contribution in [0.3, 0.4) is 0 Å². The summed E-state index contributed by atoms with van der Waals surface area (Å²) >= 11 is 6.92. The van der Waals surface area contributed by atoms with Gasteiger partial charge in [-0.3, -0.25) is 19.3 Å². The summed E-state index contributed by atoms with van der Waals surface area (Å²) in [5.41, 5.74) is 3.32. The number of carbonyl (C=O) groups excluding carboxylic acids is 3. The van der Waals surface area contributed by atoms with E-state index in [0.29, 0.717) is 15.6 Å². The van der Waals surface area contributed by atoms with E-state index in [0.717, 1.165) is 45.2 Å². The van der Waals surface area contributed by atoms with Crippen LogP contribution >= 0.6 is 23.4 Å². The van der Waals surface area contributed by atoms with Gasteiger partial charge in [0.2, 0.25) is 5.91 Å². The van der Waals surface area contributed by atoms with Gasteiger partial charge in [0.1, 0.15) is 6.54 Å². The quantitative estimate of drug-likeness (QED) is 0.532. The van der Waals surface area contributed by atoms with E-state index >= 15 is 0 Å². The maximum Gasteiger partial charge on any atom is 0.294 e. The van der Waals surface area contributed by atoms with Gasteiger partial charge in [0.25, 0.3) is 11.1 Å². The number of rotatable bonds is 5. The molecule has 2 aromatic carbocycles. The average Bonchev–Trinajstić information content (AvgIpc) is 3.23. The average molecular weight is 454 g/mol. The van der Waals surface area contributed by atoms with Gasteiger partial charge in [-0.1, -0.05) is 35.9 Å². The van der Waals surface area contributed by atoms with Crippen molar-refractivity contribution in [2.24, 2.45) is 0 Å². The van der Waals surface area contributed by atoms with Gasteiger partial charge in [-0.2, -0.15) is 0 Å². The zero-order valence-corrected chi connectivity index (χ0v) is 18.6. The Kier molecular flexibility index (Phi) is 5.89. The summed E-state index contributed by atoms with van der Waals surface area (Å²) in [6, 6.07) is 13.0. The number of benzene rings is 2. The number of hydrogen-bond donors (Lipinski definition) is 1. The summed E-state index contributed by atoms with van der Waals surface area (Å²) in [6.45, 7) is 4.34. The number of nitrogens with one attached hydrogen (secondary N) is 1. The lowest BCUT2D eigenvalue weighted by molar-refractivity contribution is -0.127. The number of carbonyl (C=O) groups is 3. The molecule has 0 bridgehead atoms. The zero-order valence-electron chi connectivity index (χ0n) is 17.0. The normalized spacial score (nSPS) is 15.3. The second-order valence-corrected chi connectivity index (χ2v) is 8.57. The van der Waals surface area contributed by atoms with Crippen LogP contribution in [0.5, 0.6) is 0 Å². The van der Waals surface area contributed by atoms with Crippen LogP contribution in [-0.4, -0.2) is 33.1 Å². The molecule has 0 aliphatic carbocycles. The summed E-state index contributed by atoms with van der Waals surface area (Å²) in [5, 5.41) is 3.74. The van der Waals surface area contributed by atoms with Crippen molar-refractivity contribution in [3.63, 3.8) is 0 Å². The molecule has 6 nitrogen and oxygen atoms in total. The van der Waals surface area contributed by atoms with Crippen molar-refractivity contribution in [2.75, 3.05) is 11.9 Å². The first-order chi connectivity index (χ1) is 14.9. The highest BCUT2D eigenvalue weighted by Gasteiger charge is 2.36. The molecule has 0 atom stereocenters. The van der Waals surface area contributed by atoms with Gasteiger partial charge in [-0.15, -0.1) is 0 Å². The number of amides is 3. The van der Waals surface area contributed by atoms with Crippen molar-refractivity contribution < 1.29 is 14.4 Å². The smallest absolute Gasteiger partial charge is 0.294 e. The highest BCUT2D eigenvalue weighted by molar-refractivity contribution is 8.18. The number of aryl methyl sites for hydroxylation is 2. The number of halogens is 1. The fourth-order valence-corrected chi connectivity index (χ4v) is 4.45. The lowest BCUT2D eigenvalue weighted by Gasteiger charge is -2.12. The Hall–Kier alpha value is -3.03. The third-order valence-corrected chi connectivity index (χ3v) is 6.39. The van der Waals surface area contributed by atoms with E-state index in [1.54, 1.807) is 24.3 Å². The minimum Gasteiger partial charge on any atom is -0.347 e. The standard InChI is InChI=1S/C23H20ClN3O3S/c1-3-26-12-15(17-6-4-5-7-19(17)26)10-20-22(29)27(23(30)31-20)13-21(28)25-16-9-8-14(2)18(24)11-16/h4-12H,3,13H2,1-2H3,(H,25,28)/b20-10-. The van der Waals surface area contributed by atoms with Gasteiger partial charge in [-0.05, 0) is 55.4 Å². The predicted molar refractivity (Wildman–Crippen MR) is 125 cm³/mol. The number of anilines is 1. The van der Waals surface area contributed by atoms with Gasteiger partial charge < -0.3 is 9.88 Å². The molecule has 1 N–H and O–H groups in total. The Balaban J connectivity index is 1.52. The lowest BCUT2D eigenvalue weighted by Crippen LogP contribution is -2.36. The first-order valence-corrected chi connectivity index (χ1v) is 11.0. The number of aromatic nitrogens is 1. The number of fused-ring (bicyclic) bond motifs is 1. The second-order valence-electron chi connectivity index (χ2n) is 7.17. The molecule has 1 fully saturated rings. The molecule has 3 amide bonds. The number of thioether (sulfide) groups is 1. The molecule has 1 saturated heterocycles. The zero-order chi connectivity index (χ0) is 22.1. The maximum absolute atomic E-state index is 12.8. The Labute approximate surface area is 188 Å². The summed E-state index contributed by atoms with van der Waals surface area (Å²) in [4.78, 5) is 38.9. The third-order valence-electron chi connectivity index (χ3n) is 5.08. The molecule has 31 heavy (non-hydrogen) atoms. The van der Waals surface area contributed by atoms with Crippen LogP contribution in [0.1, 0.15) is 18.1 Å². The third kappa shape index (κ3) is 4.24. The van der Waals surface area contributed by atoms with E-state index in [2.05, 4.69) is 9.88 Å². The van der Waals surface area contributed by atoms with E-state index in [1.807, 2.05) is 44.3 Å². The molecule has 0 unspecified atom stereocenters. The highest BCUT2D eigenvalue weighted by Crippen LogP contribution is 2.34. The van der Waals surface area contributed by atoms with E-state index in [-0.39, 0.29) is 6.54 Å². The van der Waals surface area contributed by atoms with Gasteiger partial charge in [0, 0.05) is 39.9 Å². The number of hydrogen-bond acceptors (Lipinski definition) is 4. The van der Waals surface area contributed by atoms with Crippen LogP contribution in [-0.2, 0) is 16.1 Å². The molecule has 4 rings (SSSR count). The van der Waals surface area contributed by atoms with Crippen molar-refractivity contribution in [1.82, 2.24) is 9.47 Å². The molecule has 8 heteroatoms. The lowest BCUT2D eigenvalue weighted by atomic mass is 10.1. The Bertz CT molecular complexity index is 1250. The topological polar surface area (TPSA) is 71.4 Å². The number of nitrogens with zero attached hydrogens (tertiary/aromatic N) is 2. The van der Waals surface area contributed by atoms with E-state index in [1.165, 1.54) is 0 Å². The molecule has 1 aliphatic heterocycles. The molecule has 3 aromatic rings. The van der Waals surface area contributed by atoms with E-state index in [4.69, 9.17) is 11.6 Å². The predicted octanol–water partition coefficient (Wildman–Crippen LogP) is 5.30. The second kappa shape index (κ2) is 8.61. The SMILES string of the molecule is CCn1cc(/C=C2\SC(=O)N(CC(=O)Nc3ccc(C)c(Cl)c3)C2=O)c2ccccc21. The summed E-state index contributed by atoms with van der Waals surface area (Å²) < 4.78 is 2.09. The molecule has 158 valence electrons. The van der Waals surface area contributed by atoms with E-state index < -0.39 is 17.1 Å². The first kappa shape index (κ1) is 21.2. The summed E-state index contributed by atoms with van der Waals surface area (Å²) in [5.74, 6) is -0.938. The summed E-state index contributed by atoms with van der Waals surface area (Å²) in [7, 11) is 0. The van der Waals surface area contributed by atoms with Crippen LogP contribution in [0.2, 0.25) is 5.02 Å². The first-order valence-electron chi connectivity index (χ1n) is 9.76. The molecule has 0 saturated carbocycles. The van der Waals surface area contributed by atoms with Gasteiger partial charge in [-0.25, -0.2) is 0 Å². The van der Waals surface area contributed by atoms with Crippen LogP contribution < -0.4 is 5.32 Å². The van der Waals surface area contributed by atoms with Crippen molar-refractivity contribution in [1.29, 1.82) is 0 Å². The highest BCUT2D eigenvalue weighted by atomic mass is 35.5. The Morgan fingerprint density at radius 2 is 1.97 bits per heavy atom. The fourth-order valence-electron chi connectivity index (χ4n) is 3.44. The number of para-hydroxylation sites is 1. The van der Waals surface area contributed by atoms with E-state index in [9.17, 15) is 14.4 Å².